The van der Waals surface area contributed by atoms with Crippen LogP contribution < -0.4 is 5.32 Å². The summed E-state index contributed by atoms with van der Waals surface area (Å²) >= 11 is 6.04. The van der Waals surface area contributed by atoms with Gasteiger partial charge in [0, 0.05) is 24.2 Å². The second-order valence-corrected chi connectivity index (χ2v) is 5.61. The maximum atomic E-state index is 12.1. The van der Waals surface area contributed by atoms with Crippen molar-refractivity contribution >= 4 is 23.6 Å². The number of hydrogen-bond donors (Lipinski definition) is 2. The predicted octanol–water partition coefficient (Wildman–Crippen LogP) is 2.85. The van der Waals surface area contributed by atoms with Gasteiger partial charge in [0.25, 0.3) is 5.91 Å². The second kappa shape index (κ2) is 5.77. The van der Waals surface area contributed by atoms with E-state index in [1.54, 1.807) is 24.3 Å². The Morgan fingerprint density at radius 2 is 2.29 bits per heavy atom. The molecule has 0 spiro atoms. The summed E-state index contributed by atoms with van der Waals surface area (Å²) in [7, 11) is 1.50. The number of carboxylic acid groups (broad SMARTS) is 1. The minimum absolute atomic E-state index is 0.165. The lowest BCUT2D eigenvalue weighted by molar-refractivity contribution is 0.0921. The minimum Gasteiger partial charge on any atom is -0.465 e. The smallest absolute Gasteiger partial charge is 0.407 e. The van der Waals surface area contributed by atoms with E-state index in [0.29, 0.717) is 30.0 Å². The molecule has 2 N–H and O–H groups in total. The molecule has 0 fully saturated rings. The van der Waals surface area contributed by atoms with E-state index in [9.17, 15) is 9.59 Å². The van der Waals surface area contributed by atoms with Gasteiger partial charge in [0.15, 0.2) is 0 Å². The van der Waals surface area contributed by atoms with Crippen LogP contribution in [-0.2, 0) is 5.54 Å². The maximum Gasteiger partial charge on any atom is 0.407 e. The number of nitrogens with one attached hydrogen (secondary N) is 1. The number of hydrogen-bond acceptors (Lipinski definition) is 2. The van der Waals surface area contributed by atoms with Crippen molar-refractivity contribution < 1.29 is 14.7 Å². The fraction of sp³-hybridized carbons (Fsp3) is 0.333. The third kappa shape index (κ3) is 2.88. The summed E-state index contributed by atoms with van der Waals surface area (Å²) in [4.78, 5) is 24.2. The van der Waals surface area contributed by atoms with Gasteiger partial charge in [0.2, 0.25) is 0 Å². The quantitative estimate of drug-likeness (QED) is 0.822. The zero-order valence-corrected chi connectivity index (χ0v) is 12.5. The molecule has 5 nitrogen and oxygen atoms in total. The van der Waals surface area contributed by atoms with Gasteiger partial charge in [-0.15, -0.1) is 6.58 Å². The lowest BCUT2D eigenvalue weighted by atomic mass is 9.84. The first kappa shape index (κ1) is 15.4. The van der Waals surface area contributed by atoms with Crippen LogP contribution in [0.25, 0.3) is 0 Å². The number of fused-ring (bicyclic) bond motifs is 1. The van der Waals surface area contributed by atoms with Gasteiger partial charge < -0.3 is 15.3 Å². The highest BCUT2D eigenvalue weighted by atomic mass is 35.5. The highest BCUT2D eigenvalue weighted by Gasteiger charge is 2.42. The van der Waals surface area contributed by atoms with Crippen molar-refractivity contribution in [3.8, 4) is 0 Å². The number of amides is 2. The Morgan fingerprint density at radius 3 is 2.90 bits per heavy atom. The van der Waals surface area contributed by atoms with Crippen LogP contribution in [-0.4, -0.2) is 35.6 Å². The molecule has 1 aliphatic heterocycles. The van der Waals surface area contributed by atoms with E-state index in [4.69, 9.17) is 16.7 Å². The molecule has 112 valence electrons. The van der Waals surface area contributed by atoms with Gasteiger partial charge in [-0.3, -0.25) is 4.79 Å². The fourth-order valence-electron chi connectivity index (χ4n) is 2.62. The molecule has 1 aromatic rings. The molecule has 0 radical (unpaired) electrons. The van der Waals surface area contributed by atoms with Crippen molar-refractivity contribution in [2.75, 3.05) is 13.6 Å². The van der Waals surface area contributed by atoms with Crippen LogP contribution in [0.3, 0.4) is 0 Å². The lowest BCUT2D eigenvalue weighted by Gasteiger charge is -2.31. The normalized spacial score (nSPS) is 19.8. The molecule has 1 aromatic carbocycles. The first-order valence-corrected chi connectivity index (χ1v) is 6.95. The first-order valence-electron chi connectivity index (χ1n) is 6.57. The van der Waals surface area contributed by atoms with E-state index in [0.717, 1.165) is 5.56 Å². The van der Waals surface area contributed by atoms with Gasteiger partial charge in [-0.2, -0.15) is 0 Å². The zero-order valence-electron chi connectivity index (χ0n) is 11.7. The number of carbonyl (C=O) groups is 2. The molecule has 0 aromatic heterocycles. The number of halogens is 1. The van der Waals surface area contributed by atoms with Crippen LogP contribution in [0, 0.1) is 0 Å². The van der Waals surface area contributed by atoms with Crippen molar-refractivity contribution in [2.24, 2.45) is 0 Å². The SMILES string of the molecule is C=CCC1(CCN(C)C(=O)O)NC(=O)c2ccc(Cl)cc21. The summed E-state index contributed by atoms with van der Waals surface area (Å²) in [5.74, 6) is -0.165. The average molecular weight is 309 g/mol. The standard InChI is InChI=1S/C15H17ClN2O3/c1-3-6-15(7-8-18(2)14(20)21)12-9-10(16)4-5-11(12)13(19)17-15/h3-5,9H,1,6-8H2,2H3,(H,17,19)(H,20,21). The highest BCUT2D eigenvalue weighted by molar-refractivity contribution is 6.30. The van der Waals surface area contributed by atoms with E-state index >= 15 is 0 Å². The van der Waals surface area contributed by atoms with Crippen molar-refractivity contribution in [1.29, 1.82) is 0 Å². The molecule has 6 heteroatoms. The molecule has 2 amide bonds. The van der Waals surface area contributed by atoms with Crippen LogP contribution in [0.5, 0.6) is 0 Å². The number of benzene rings is 1. The van der Waals surface area contributed by atoms with Gasteiger partial charge in [-0.05, 0) is 36.6 Å². The van der Waals surface area contributed by atoms with Crippen LogP contribution in [0.1, 0.15) is 28.8 Å². The van der Waals surface area contributed by atoms with Gasteiger partial charge in [-0.1, -0.05) is 17.7 Å². The molecule has 21 heavy (non-hydrogen) atoms. The van der Waals surface area contributed by atoms with Crippen LogP contribution >= 0.6 is 11.6 Å². The Morgan fingerprint density at radius 1 is 1.57 bits per heavy atom. The largest absolute Gasteiger partial charge is 0.465 e. The molecule has 0 aliphatic carbocycles. The second-order valence-electron chi connectivity index (χ2n) is 5.17. The summed E-state index contributed by atoms with van der Waals surface area (Å²) in [5.41, 5.74) is 0.737. The zero-order chi connectivity index (χ0) is 15.6. The molecule has 1 heterocycles. The highest BCUT2D eigenvalue weighted by Crippen LogP contribution is 2.38. The van der Waals surface area contributed by atoms with Gasteiger partial charge in [0.05, 0.1) is 5.54 Å². The van der Waals surface area contributed by atoms with Gasteiger partial charge in [0.1, 0.15) is 0 Å². The molecule has 0 bridgehead atoms. The molecular weight excluding hydrogens is 292 g/mol. The predicted molar refractivity (Wildman–Crippen MR) is 80.7 cm³/mol. The Hall–Kier alpha value is -2.01. The van der Waals surface area contributed by atoms with E-state index in [1.807, 2.05) is 0 Å². The van der Waals surface area contributed by atoms with Crippen molar-refractivity contribution in [2.45, 2.75) is 18.4 Å². The van der Waals surface area contributed by atoms with E-state index < -0.39 is 11.6 Å². The molecular formula is C15H17ClN2O3. The topological polar surface area (TPSA) is 69.6 Å². The van der Waals surface area contributed by atoms with Crippen molar-refractivity contribution in [3.63, 3.8) is 0 Å². The van der Waals surface area contributed by atoms with Crippen molar-refractivity contribution in [1.82, 2.24) is 10.2 Å². The molecule has 1 unspecified atom stereocenters. The first-order chi connectivity index (χ1) is 9.89. The summed E-state index contributed by atoms with van der Waals surface area (Å²) in [6.45, 7) is 4.04. The van der Waals surface area contributed by atoms with Crippen LogP contribution in [0.4, 0.5) is 4.79 Å². The van der Waals surface area contributed by atoms with E-state index in [-0.39, 0.29) is 5.91 Å². The summed E-state index contributed by atoms with van der Waals surface area (Å²) in [6.07, 6.45) is 1.69. The third-order valence-electron chi connectivity index (χ3n) is 3.79. The van der Waals surface area contributed by atoms with Gasteiger partial charge >= 0.3 is 6.09 Å². The van der Waals surface area contributed by atoms with E-state index in [1.165, 1.54) is 11.9 Å². The Kier molecular flexibility index (Phi) is 4.23. The summed E-state index contributed by atoms with van der Waals surface area (Å²) in [6, 6.07) is 5.13. The van der Waals surface area contributed by atoms with Crippen LogP contribution in [0.2, 0.25) is 5.02 Å². The lowest BCUT2D eigenvalue weighted by Crippen LogP contribution is -2.42. The van der Waals surface area contributed by atoms with E-state index in [2.05, 4.69) is 11.9 Å². The molecule has 1 aliphatic rings. The van der Waals surface area contributed by atoms with Gasteiger partial charge in [-0.25, -0.2) is 4.79 Å². The number of nitrogens with zero attached hydrogens (tertiary/aromatic N) is 1. The molecule has 0 saturated carbocycles. The Labute approximate surface area is 128 Å². The number of carbonyl (C=O) groups excluding carboxylic acids is 1. The van der Waals surface area contributed by atoms with Crippen molar-refractivity contribution in [3.05, 3.63) is 47.0 Å². The third-order valence-corrected chi connectivity index (χ3v) is 4.02. The molecule has 1 atom stereocenters. The molecule has 0 saturated heterocycles. The van der Waals surface area contributed by atoms with Crippen LogP contribution in [0.15, 0.2) is 30.9 Å². The summed E-state index contributed by atoms with van der Waals surface area (Å²) < 4.78 is 0. The molecule has 2 rings (SSSR count). The Balaban J connectivity index is 2.36. The Bertz CT molecular complexity index is 603. The minimum atomic E-state index is -1.00. The monoisotopic (exact) mass is 308 g/mol. The fourth-order valence-corrected chi connectivity index (χ4v) is 2.80. The maximum absolute atomic E-state index is 12.1. The number of rotatable bonds is 5. The average Bonchev–Trinajstić information content (AvgIpc) is 2.69. The summed E-state index contributed by atoms with van der Waals surface area (Å²) in [5, 5.41) is 12.5.